The topological polar surface area (TPSA) is 52.0 Å². The van der Waals surface area contributed by atoms with Gasteiger partial charge in [-0.3, -0.25) is 0 Å². The Morgan fingerprint density at radius 2 is 0.889 bits per heavy atom. The monoisotopic (exact) mass is 496 g/mol. The normalized spacial score (nSPS) is 10.7. The number of anilines is 2. The molecule has 0 bridgehead atoms. The quantitative estimate of drug-likeness (QED) is 0.504. The molecule has 0 heterocycles. The number of rotatable bonds is 1. The minimum absolute atomic E-state index is 0.691. The maximum absolute atomic E-state index is 5.84. The van der Waals surface area contributed by atoms with E-state index in [1.165, 1.54) is 0 Å². The first kappa shape index (κ1) is 14.4. The van der Waals surface area contributed by atoms with E-state index in [1.807, 2.05) is 24.3 Å². The van der Waals surface area contributed by atoms with Crippen molar-refractivity contribution in [1.82, 2.24) is 0 Å². The van der Waals surface area contributed by atoms with Crippen LogP contribution in [0.3, 0.4) is 0 Å². The van der Waals surface area contributed by atoms with Crippen molar-refractivity contribution in [3.05, 3.63) is 42.2 Å². The van der Waals surface area contributed by atoms with E-state index in [9.17, 15) is 0 Å². The number of hydrogen-bond acceptors (Lipinski definition) is 2. The van der Waals surface area contributed by atoms with Crippen LogP contribution in [0.25, 0.3) is 11.1 Å². The number of benzene rings is 2. The lowest BCUT2D eigenvalue weighted by atomic mass is 10.1. The van der Waals surface area contributed by atoms with Crippen molar-refractivity contribution < 1.29 is 0 Å². The van der Waals surface area contributed by atoms with Crippen LogP contribution in [-0.2, 0) is 0 Å². The second kappa shape index (κ2) is 5.53. The molecule has 2 rings (SSSR count). The van der Waals surface area contributed by atoms with Crippen molar-refractivity contribution in [3.8, 4) is 11.1 Å². The molecule has 4 N–H and O–H groups in total. The summed E-state index contributed by atoms with van der Waals surface area (Å²) in [6.07, 6.45) is 0. The summed E-state index contributed by atoms with van der Waals surface area (Å²) in [5.41, 5.74) is 15.1. The molecule has 0 aliphatic rings. The molecule has 0 saturated heterocycles. The van der Waals surface area contributed by atoms with Crippen LogP contribution in [0.4, 0.5) is 11.4 Å². The molecule has 0 radical (unpaired) electrons. The van der Waals surface area contributed by atoms with Crippen molar-refractivity contribution in [2.24, 2.45) is 0 Å². The van der Waals surface area contributed by atoms with Gasteiger partial charge >= 0.3 is 0 Å². The summed E-state index contributed by atoms with van der Waals surface area (Å²) >= 11 is 13.9. The summed E-state index contributed by atoms with van der Waals surface area (Å²) in [5.74, 6) is 0. The lowest BCUT2D eigenvalue weighted by Crippen LogP contribution is -1.92. The van der Waals surface area contributed by atoms with Crippen LogP contribution < -0.4 is 11.5 Å². The molecule has 0 fully saturated rings. The highest BCUT2D eigenvalue weighted by molar-refractivity contribution is 9.11. The van der Waals surface area contributed by atoms with E-state index < -0.39 is 0 Å². The molecule has 2 aromatic carbocycles. The van der Waals surface area contributed by atoms with Crippen LogP contribution in [0.2, 0.25) is 0 Å². The van der Waals surface area contributed by atoms with E-state index in [0.29, 0.717) is 11.4 Å². The van der Waals surface area contributed by atoms with Gasteiger partial charge in [-0.05, 0) is 67.3 Å². The van der Waals surface area contributed by atoms with Crippen molar-refractivity contribution in [2.75, 3.05) is 11.5 Å². The molecule has 2 nitrogen and oxygen atoms in total. The number of halogens is 4. The van der Waals surface area contributed by atoms with Gasteiger partial charge in [-0.15, -0.1) is 0 Å². The van der Waals surface area contributed by atoms with Gasteiger partial charge in [0.1, 0.15) is 0 Å². The van der Waals surface area contributed by atoms with Gasteiger partial charge in [-0.1, -0.05) is 31.9 Å². The van der Waals surface area contributed by atoms with Gasteiger partial charge in [0.15, 0.2) is 0 Å². The zero-order chi connectivity index (χ0) is 13.4. The van der Waals surface area contributed by atoms with Gasteiger partial charge in [0.2, 0.25) is 0 Å². The molecule has 0 aromatic heterocycles. The van der Waals surface area contributed by atoms with Crippen molar-refractivity contribution >= 4 is 75.1 Å². The lowest BCUT2D eigenvalue weighted by molar-refractivity contribution is 1.51. The Morgan fingerprint density at radius 3 is 1.22 bits per heavy atom. The third-order valence-electron chi connectivity index (χ3n) is 2.46. The van der Waals surface area contributed by atoms with Crippen molar-refractivity contribution in [2.45, 2.75) is 0 Å². The fourth-order valence-electron chi connectivity index (χ4n) is 1.54. The summed E-state index contributed by atoms with van der Waals surface area (Å²) in [4.78, 5) is 0. The first-order valence-electron chi connectivity index (χ1n) is 4.89. The molecular formula is C12H8Br4N2. The molecule has 0 amide bonds. The van der Waals surface area contributed by atoms with Crippen molar-refractivity contribution in [3.63, 3.8) is 0 Å². The molecule has 2 aromatic rings. The maximum atomic E-state index is 5.84. The first-order valence-corrected chi connectivity index (χ1v) is 8.06. The second-order valence-electron chi connectivity index (χ2n) is 3.71. The highest BCUT2D eigenvalue weighted by Crippen LogP contribution is 2.40. The maximum Gasteiger partial charge on any atom is 0.0470 e. The third-order valence-corrected chi connectivity index (χ3v) is 5.15. The first-order chi connectivity index (χ1) is 8.40. The summed E-state index contributed by atoms with van der Waals surface area (Å²) in [7, 11) is 0. The second-order valence-corrected chi connectivity index (χ2v) is 7.12. The minimum Gasteiger partial charge on any atom is -0.398 e. The van der Waals surface area contributed by atoms with Gasteiger partial charge in [0, 0.05) is 29.3 Å². The van der Waals surface area contributed by atoms with Crippen LogP contribution in [0.15, 0.2) is 42.2 Å². The Bertz CT molecular complexity index is 570. The van der Waals surface area contributed by atoms with Gasteiger partial charge in [0.05, 0.1) is 0 Å². The lowest BCUT2D eigenvalue weighted by Gasteiger charge is -2.11. The Hall–Kier alpha value is -0.0400. The van der Waals surface area contributed by atoms with Gasteiger partial charge < -0.3 is 11.5 Å². The fraction of sp³-hybridized carbons (Fsp3) is 0. The van der Waals surface area contributed by atoms with E-state index in [0.717, 1.165) is 29.0 Å². The average Bonchev–Trinajstić information content (AvgIpc) is 2.29. The minimum atomic E-state index is 0.691. The molecule has 0 unspecified atom stereocenters. The molecular weight excluding hydrogens is 492 g/mol. The molecule has 0 saturated carbocycles. The smallest absolute Gasteiger partial charge is 0.0470 e. The third kappa shape index (κ3) is 2.76. The predicted molar refractivity (Wildman–Crippen MR) is 91.5 cm³/mol. The van der Waals surface area contributed by atoms with Crippen LogP contribution in [-0.4, -0.2) is 0 Å². The molecule has 0 atom stereocenters. The van der Waals surface area contributed by atoms with Crippen LogP contribution >= 0.6 is 63.7 Å². The summed E-state index contributed by atoms with van der Waals surface area (Å²) in [5, 5.41) is 0. The average molecular weight is 500 g/mol. The predicted octanol–water partition coefficient (Wildman–Crippen LogP) is 5.57. The van der Waals surface area contributed by atoms with Crippen molar-refractivity contribution in [1.29, 1.82) is 0 Å². The zero-order valence-electron chi connectivity index (χ0n) is 8.98. The molecule has 0 aliphatic heterocycles. The van der Waals surface area contributed by atoms with Crippen LogP contribution in [0.1, 0.15) is 0 Å². The fourth-order valence-corrected chi connectivity index (χ4v) is 3.37. The molecule has 94 valence electrons. The molecule has 18 heavy (non-hydrogen) atoms. The molecule has 0 aliphatic carbocycles. The number of nitrogen functional groups attached to an aromatic ring is 2. The Morgan fingerprint density at radius 1 is 0.556 bits per heavy atom. The standard InChI is InChI=1S/C12H8Br4N2/c13-7-3-11(17)9(15)1-5(7)6-2-10(16)12(18)4-8(6)14/h1-4H,17-18H2. The zero-order valence-corrected chi connectivity index (χ0v) is 15.3. The van der Waals surface area contributed by atoms with E-state index in [-0.39, 0.29) is 0 Å². The Labute approximate surface area is 139 Å². The SMILES string of the molecule is Nc1cc(Br)c(-c2cc(Br)c(N)cc2Br)cc1Br. The van der Waals surface area contributed by atoms with Gasteiger partial charge in [-0.25, -0.2) is 0 Å². The molecule has 6 heteroatoms. The highest BCUT2D eigenvalue weighted by atomic mass is 79.9. The van der Waals surface area contributed by atoms with E-state index >= 15 is 0 Å². The van der Waals surface area contributed by atoms with Crippen LogP contribution in [0.5, 0.6) is 0 Å². The van der Waals surface area contributed by atoms with E-state index in [1.54, 1.807) is 0 Å². The molecule has 0 spiro atoms. The van der Waals surface area contributed by atoms with Crippen LogP contribution in [0, 0.1) is 0 Å². The highest BCUT2D eigenvalue weighted by Gasteiger charge is 2.12. The van der Waals surface area contributed by atoms with Gasteiger partial charge in [-0.2, -0.15) is 0 Å². The Balaban J connectivity index is 2.69. The summed E-state index contributed by atoms with van der Waals surface area (Å²) in [6.45, 7) is 0. The number of nitrogens with two attached hydrogens (primary N) is 2. The van der Waals surface area contributed by atoms with Gasteiger partial charge in [0.25, 0.3) is 0 Å². The summed E-state index contributed by atoms with van der Waals surface area (Å²) in [6, 6.07) is 7.69. The largest absolute Gasteiger partial charge is 0.398 e. The van der Waals surface area contributed by atoms with E-state index in [2.05, 4.69) is 63.7 Å². The Kier molecular flexibility index (Phi) is 4.41. The number of hydrogen-bond donors (Lipinski definition) is 2. The summed E-state index contributed by atoms with van der Waals surface area (Å²) < 4.78 is 3.59. The van der Waals surface area contributed by atoms with E-state index in [4.69, 9.17) is 11.5 Å².